The summed E-state index contributed by atoms with van der Waals surface area (Å²) in [4.78, 5) is 21.2. The van der Waals surface area contributed by atoms with Gasteiger partial charge in [0.25, 0.3) is 5.69 Å². The van der Waals surface area contributed by atoms with Crippen molar-refractivity contribution in [3.63, 3.8) is 0 Å². The van der Waals surface area contributed by atoms with Gasteiger partial charge in [-0.2, -0.15) is 0 Å². The van der Waals surface area contributed by atoms with E-state index in [0.717, 1.165) is 6.07 Å². The van der Waals surface area contributed by atoms with Crippen molar-refractivity contribution in [2.45, 2.75) is 13.3 Å². The lowest BCUT2D eigenvalue weighted by Gasteiger charge is -2.06. The molecule has 0 bridgehead atoms. The molecule has 0 spiro atoms. The van der Waals surface area contributed by atoms with Crippen LogP contribution in [0.3, 0.4) is 0 Å². The highest BCUT2D eigenvalue weighted by Gasteiger charge is 2.17. The number of nitro groups is 1. The van der Waals surface area contributed by atoms with Gasteiger partial charge in [-0.05, 0) is 18.6 Å². The summed E-state index contributed by atoms with van der Waals surface area (Å²) in [5.74, 6) is -0.455. The molecule has 0 aliphatic heterocycles. The molecule has 7 heteroatoms. The molecule has 0 saturated carbocycles. The molecule has 0 atom stereocenters. The molecule has 1 aromatic carbocycles. The van der Waals surface area contributed by atoms with E-state index in [-0.39, 0.29) is 29.4 Å². The van der Waals surface area contributed by atoms with Crippen molar-refractivity contribution in [3.8, 4) is 0 Å². The quantitative estimate of drug-likeness (QED) is 0.385. The van der Waals surface area contributed by atoms with E-state index in [2.05, 4.69) is 0 Å². The highest BCUT2D eigenvalue weighted by Crippen LogP contribution is 2.29. The minimum absolute atomic E-state index is 0.0523. The Morgan fingerprint density at radius 1 is 1.59 bits per heavy atom. The molecule has 2 N–H and O–H groups in total. The van der Waals surface area contributed by atoms with E-state index in [4.69, 9.17) is 22.1 Å². The summed E-state index contributed by atoms with van der Waals surface area (Å²) in [5, 5.41) is 10.5. The van der Waals surface area contributed by atoms with Crippen LogP contribution in [0.15, 0.2) is 12.1 Å². The molecule has 0 aliphatic rings. The van der Waals surface area contributed by atoms with Gasteiger partial charge in [0, 0.05) is 11.8 Å². The zero-order chi connectivity index (χ0) is 13.0. The van der Waals surface area contributed by atoms with E-state index in [9.17, 15) is 14.9 Å². The summed E-state index contributed by atoms with van der Waals surface area (Å²) >= 11 is 5.71. The third-order valence-electron chi connectivity index (χ3n) is 2.05. The maximum Gasteiger partial charge on any atom is 0.310 e. The summed E-state index contributed by atoms with van der Waals surface area (Å²) in [5.41, 5.74) is 5.88. The summed E-state index contributed by atoms with van der Waals surface area (Å²) in [6.45, 7) is 1.95. The average Bonchev–Trinajstić information content (AvgIpc) is 2.22. The molecule has 1 aromatic rings. The summed E-state index contributed by atoms with van der Waals surface area (Å²) in [6, 6.07) is 2.45. The second-order valence-corrected chi connectivity index (χ2v) is 3.65. The monoisotopic (exact) mass is 258 g/mol. The van der Waals surface area contributed by atoms with E-state index >= 15 is 0 Å². The van der Waals surface area contributed by atoms with Crippen LogP contribution in [0.4, 0.5) is 11.4 Å². The predicted octanol–water partition coefficient (Wildman–Crippen LogP) is 1.94. The lowest BCUT2D eigenvalue weighted by Crippen LogP contribution is -2.09. The van der Waals surface area contributed by atoms with Crippen LogP contribution in [0.5, 0.6) is 0 Å². The summed E-state index contributed by atoms with van der Waals surface area (Å²) < 4.78 is 4.75. The Balaban J connectivity index is 2.99. The first-order chi connectivity index (χ1) is 7.95. The third kappa shape index (κ3) is 3.32. The van der Waals surface area contributed by atoms with Gasteiger partial charge in [0.2, 0.25) is 0 Å². The fourth-order valence-corrected chi connectivity index (χ4v) is 1.53. The summed E-state index contributed by atoms with van der Waals surface area (Å²) in [7, 11) is 0. The molecule has 0 fully saturated rings. The fourth-order valence-electron chi connectivity index (χ4n) is 1.28. The van der Waals surface area contributed by atoms with Gasteiger partial charge >= 0.3 is 5.97 Å². The molecule has 1 rings (SSSR count). The number of ether oxygens (including phenoxy) is 1. The zero-order valence-electron chi connectivity index (χ0n) is 9.10. The van der Waals surface area contributed by atoms with Gasteiger partial charge in [0.1, 0.15) is 5.02 Å². The van der Waals surface area contributed by atoms with E-state index in [1.54, 1.807) is 6.92 Å². The molecular formula is C10H11ClN2O4. The first kappa shape index (κ1) is 13.2. The fraction of sp³-hybridized carbons (Fsp3) is 0.300. The molecule has 92 valence electrons. The Hall–Kier alpha value is -1.82. The van der Waals surface area contributed by atoms with Crippen LogP contribution in [0.25, 0.3) is 0 Å². The van der Waals surface area contributed by atoms with Crippen molar-refractivity contribution in [1.82, 2.24) is 0 Å². The largest absolute Gasteiger partial charge is 0.466 e. The molecule has 0 aliphatic carbocycles. The molecule has 0 saturated heterocycles. The van der Waals surface area contributed by atoms with Gasteiger partial charge in [-0.1, -0.05) is 11.6 Å². The topological polar surface area (TPSA) is 95.5 Å². The zero-order valence-corrected chi connectivity index (χ0v) is 9.86. The lowest BCUT2D eigenvalue weighted by molar-refractivity contribution is -0.384. The maximum absolute atomic E-state index is 11.2. The SMILES string of the molecule is CCOC(=O)Cc1cc(Cl)c([N+](=O)[O-])cc1N. The predicted molar refractivity (Wildman–Crippen MR) is 62.9 cm³/mol. The van der Waals surface area contributed by atoms with Gasteiger partial charge in [-0.15, -0.1) is 0 Å². The van der Waals surface area contributed by atoms with Crippen molar-refractivity contribution in [3.05, 3.63) is 32.8 Å². The maximum atomic E-state index is 11.2. The molecule has 0 radical (unpaired) electrons. The number of carbonyl (C=O) groups excluding carboxylic acids is 1. The second kappa shape index (κ2) is 5.49. The highest BCUT2D eigenvalue weighted by molar-refractivity contribution is 6.32. The smallest absolute Gasteiger partial charge is 0.310 e. The van der Waals surface area contributed by atoms with Gasteiger partial charge in [-0.25, -0.2) is 0 Å². The van der Waals surface area contributed by atoms with E-state index in [0.29, 0.717) is 5.56 Å². The number of rotatable bonds is 4. The van der Waals surface area contributed by atoms with Crippen molar-refractivity contribution < 1.29 is 14.5 Å². The van der Waals surface area contributed by atoms with E-state index < -0.39 is 10.9 Å². The minimum Gasteiger partial charge on any atom is -0.466 e. The Kier molecular flexibility index (Phi) is 4.28. The van der Waals surface area contributed by atoms with Crippen LogP contribution in [-0.4, -0.2) is 17.5 Å². The van der Waals surface area contributed by atoms with Crippen molar-refractivity contribution in [1.29, 1.82) is 0 Å². The van der Waals surface area contributed by atoms with E-state index in [1.807, 2.05) is 0 Å². The Morgan fingerprint density at radius 2 is 2.24 bits per heavy atom. The average molecular weight is 259 g/mol. The molecule has 0 unspecified atom stereocenters. The molecule has 17 heavy (non-hydrogen) atoms. The van der Waals surface area contributed by atoms with Crippen LogP contribution in [-0.2, 0) is 16.0 Å². The number of nitrogen functional groups attached to an aromatic ring is 1. The Morgan fingerprint density at radius 3 is 2.76 bits per heavy atom. The van der Waals surface area contributed by atoms with Crippen LogP contribution in [0.2, 0.25) is 5.02 Å². The second-order valence-electron chi connectivity index (χ2n) is 3.24. The minimum atomic E-state index is -0.632. The van der Waals surface area contributed by atoms with Gasteiger partial charge in [0.05, 0.1) is 18.0 Å². The first-order valence-corrected chi connectivity index (χ1v) is 5.21. The standard InChI is InChI=1S/C10H11ClN2O4/c1-2-17-10(14)4-6-3-7(11)9(13(15)16)5-8(6)12/h3,5H,2,4,12H2,1H3. The number of anilines is 1. The number of nitrogens with zero attached hydrogens (tertiary/aromatic N) is 1. The van der Waals surface area contributed by atoms with Crippen LogP contribution >= 0.6 is 11.6 Å². The number of benzene rings is 1. The highest BCUT2D eigenvalue weighted by atomic mass is 35.5. The first-order valence-electron chi connectivity index (χ1n) is 4.83. The number of halogens is 1. The van der Waals surface area contributed by atoms with Crippen molar-refractivity contribution >= 4 is 28.9 Å². The lowest BCUT2D eigenvalue weighted by atomic mass is 10.1. The molecule has 0 amide bonds. The third-order valence-corrected chi connectivity index (χ3v) is 2.35. The van der Waals surface area contributed by atoms with Crippen molar-refractivity contribution in [2.24, 2.45) is 0 Å². The molecule has 6 nitrogen and oxygen atoms in total. The van der Waals surface area contributed by atoms with Gasteiger partial charge in [-0.3, -0.25) is 14.9 Å². The Labute approximate surface area is 102 Å². The number of carbonyl (C=O) groups is 1. The molecule has 0 heterocycles. The van der Waals surface area contributed by atoms with Gasteiger partial charge in [0.15, 0.2) is 0 Å². The van der Waals surface area contributed by atoms with E-state index in [1.165, 1.54) is 6.07 Å². The number of hydrogen-bond donors (Lipinski definition) is 1. The number of nitro benzene ring substituents is 1. The number of esters is 1. The molecule has 0 aromatic heterocycles. The van der Waals surface area contributed by atoms with Crippen molar-refractivity contribution in [2.75, 3.05) is 12.3 Å². The number of nitrogens with two attached hydrogens (primary N) is 1. The Bertz CT molecular complexity index is 462. The summed E-state index contributed by atoms with van der Waals surface area (Å²) in [6.07, 6.45) is -0.0581. The number of hydrogen-bond acceptors (Lipinski definition) is 5. The van der Waals surface area contributed by atoms with Gasteiger partial charge < -0.3 is 10.5 Å². The molecular weight excluding hydrogens is 248 g/mol. The van der Waals surface area contributed by atoms with Crippen LogP contribution in [0.1, 0.15) is 12.5 Å². The normalized spacial score (nSPS) is 10.0. The van der Waals surface area contributed by atoms with Crippen LogP contribution < -0.4 is 5.73 Å². The van der Waals surface area contributed by atoms with Crippen LogP contribution in [0, 0.1) is 10.1 Å².